The van der Waals surface area contributed by atoms with Gasteiger partial charge in [-0.2, -0.15) is 0 Å². The summed E-state index contributed by atoms with van der Waals surface area (Å²) >= 11 is 0. The van der Waals surface area contributed by atoms with E-state index in [2.05, 4.69) is 4.98 Å². The van der Waals surface area contributed by atoms with Crippen LogP contribution >= 0.6 is 0 Å². The molecule has 110 valence electrons. The van der Waals surface area contributed by atoms with Gasteiger partial charge in [0.25, 0.3) is 0 Å². The zero-order chi connectivity index (χ0) is 15.1. The minimum absolute atomic E-state index is 0.241. The Labute approximate surface area is 127 Å². The number of aliphatic hydroxyl groups excluding tert-OH is 1. The highest BCUT2D eigenvalue weighted by Gasteiger charge is 2.25. The first-order valence-electron chi connectivity index (χ1n) is 7.32. The summed E-state index contributed by atoms with van der Waals surface area (Å²) in [6, 6.07) is 14.4. The largest absolute Gasteiger partial charge is 0.387 e. The number of fused-ring (bicyclic) bond motifs is 1. The van der Waals surface area contributed by atoms with Crippen molar-refractivity contribution in [2.24, 2.45) is 0 Å². The summed E-state index contributed by atoms with van der Waals surface area (Å²) in [6.45, 7) is 0.807. The predicted molar refractivity (Wildman–Crippen MR) is 82.6 cm³/mol. The molecule has 1 unspecified atom stereocenters. The monoisotopic (exact) mass is 294 g/mol. The van der Waals surface area contributed by atoms with E-state index in [1.54, 1.807) is 18.5 Å². The summed E-state index contributed by atoms with van der Waals surface area (Å²) in [5, 5.41) is 10.1. The molecule has 0 aliphatic carbocycles. The van der Waals surface area contributed by atoms with Crippen molar-refractivity contribution in [3.63, 3.8) is 0 Å². The summed E-state index contributed by atoms with van der Waals surface area (Å²) in [5.41, 5.74) is 4.65. The third-order valence-electron chi connectivity index (χ3n) is 4.15. The van der Waals surface area contributed by atoms with Crippen molar-refractivity contribution in [2.75, 3.05) is 0 Å². The Kier molecular flexibility index (Phi) is 3.05. The lowest BCUT2D eigenvalue weighted by Crippen LogP contribution is -1.94. The van der Waals surface area contributed by atoms with Crippen LogP contribution in [0, 0.1) is 5.82 Å². The van der Waals surface area contributed by atoms with Crippen molar-refractivity contribution in [2.45, 2.75) is 19.1 Å². The second-order valence-corrected chi connectivity index (χ2v) is 5.56. The summed E-state index contributed by atoms with van der Waals surface area (Å²) in [7, 11) is 0. The van der Waals surface area contributed by atoms with Crippen LogP contribution in [0.1, 0.15) is 18.2 Å². The average Bonchev–Trinajstić information content (AvgIpc) is 3.12. The topological polar surface area (TPSA) is 38.0 Å². The van der Waals surface area contributed by atoms with Crippen LogP contribution in [0.4, 0.5) is 4.39 Å². The van der Waals surface area contributed by atoms with Crippen LogP contribution in [0.25, 0.3) is 22.4 Å². The van der Waals surface area contributed by atoms with Gasteiger partial charge < -0.3 is 9.67 Å². The number of imidazole rings is 1. The molecule has 0 saturated heterocycles. The predicted octanol–water partition coefficient (Wildman–Crippen LogP) is 3.79. The van der Waals surface area contributed by atoms with Crippen molar-refractivity contribution in [1.82, 2.24) is 9.55 Å². The number of rotatable bonds is 2. The summed E-state index contributed by atoms with van der Waals surface area (Å²) in [4.78, 5) is 4.45. The highest BCUT2D eigenvalue weighted by atomic mass is 19.1. The van der Waals surface area contributed by atoms with Crippen LogP contribution in [0.15, 0.2) is 54.9 Å². The molecular formula is C18H15FN2O. The molecule has 0 radical (unpaired) electrons. The van der Waals surface area contributed by atoms with Gasteiger partial charge in [0.1, 0.15) is 5.82 Å². The Balaban J connectivity index is 1.78. The van der Waals surface area contributed by atoms with Crippen molar-refractivity contribution in [3.8, 4) is 22.4 Å². The Morgan fingerprint density at radius 3 is 2.64 bits per heavy atom. The summed E-state index contributed by atoms with van der Waals surface area (Å²) in [5.74, 6) is -0.241. The van der Waals surface area contributed by atoms with Crippen LogP contribution in [0.3, 0.4) is 0 Å². The lowest BCUT2D eigenvalue weighted by Gasteiger charge is -2.07. The van der Waals surface area contributed by atoms with Crippen molar-refractivity contribution in [3.05, 3.63) is 66.4 Å². The third-order valence-corrected chi connectivity index (χ3v) is 4.15. The molecule has 0 bridgehead atoms. The normalized spacial score (nSPS) is 16.7. The van der Waals surface area contributed by atoms with E-state index in [0.717, 1.165) is 41.0 Å². The van der Waals surface area contributed by atoms with Crippen molar-refractivity contribution >= 4 is 0 Å². The number of halogens is 1. The average molecular weight is 294 g/mol. The van der Waals surface area contributed by atoms with E-state index >= 15 is 0 Å². The van der Waals surface area contributed by atoms with Gasteiger partial charge in [-0.05, 0) is 35.7 Å². The molecule has 1 N–H and O–H groups in total. The van der Waals surface area contributed by atoms with Gasteiger partial charge in [-0.15, -0.1) is 0 Å². The highest BCUT2D eigenvalue weighted by Crippen LogP contribution is 2.35. The smallest absolute Gasteiger partial charge is 0.123 e. The molecule has 4 rings (SSSR count). The maximum atomic E-state index is 13.1. The first-order chi connectivity index (χ1) is 10.7. The first kappa shape index (κ1) is 13.2. The van der Waals surface area contributed by atoms with Gasteiger partial charge in [-0.3, -0.25) is 0 Å². The fourth-order valence-corrected chi connectivity index (χ4v) is 3.03. The van der Waals surface area contributed by atoms with Gasteiger partial charge in [0.2, 0.25) is 0 Å². The van der Waals surface area contributed by atoms with Crippen LogP contribution in [-0.4, -0.2) is 14.7 Å². The maximum absolute atomic E-state index is 13.1. The second kappa shape index (κ2) is 5.07. The Morgan fingerprint density at radius 1 is 1.05 bits per heavy atom. The summed E-state index contributed by atoms with van der Waals surface area (Å²) in [6.07, 6.45) is 2.07. The number of hydrogen-bond donors (Lipinski definition) is 1. The molecule has 2 heterocycles. The fraction of sp³-hybridized carbons (Fsp3) is 0.167. The SMILES string of the molecule is OC1CCn2cnc(-c3cccc(-c4ccc(F)cc4)c3)c21. The van der Waals surface area contributed by atoms with E-state index < -0.39 is 6.10 Å². The van der Waals surface area contributed by atoms with Gasteiger partial charge in [0, 0.05) is 12.1 Å². The van der Waals surface area contributed by atoms with Crippen molar-refractivity contribution in [1.29, 1.82) is 0 Å². The summed E-state index contributed by atoms with van der Waals surface area (Å²) < 4.78 is 15.1. The molecule has 1 aliphatic rings. The molecule has 0 fully saturated rings. The van der Waals surface area contributed by atoms with Crippen LogP contribution in [-0.2, 0) is 6.54 Å². The van der Waals surface area contributed by atoms with Crippen LogP contribution < -0.4 is 0 Å². The molecule has 1 aromatic heterocycles. The molecule has 0 amide bonds. The molecular weight excluding hydrogens is 279 g/mol. The number of benzene rings is 2. The molecule has 22 heavy (non-hydrogen) atoms. The van der Waals surface area contributed by atoms with Crippen LogP contribution in [0.2, 0.25) is 0 Å². The molecule has 3 aromatic rings. The molecule has 0 spiro atoms. The maximum Gasteiger partial charge on any atom is 0.123 e. The second-order valence-electron chi connectivity index (χ2n) is 5.56. The van der Waals surface area contributed by atoms with E-state index in [4.69, 9.17) is 0 Å². The zero-order valence-corrected chi connectivity index (χ0v) is 11.9. The van der Waals surface area contributed by atoms with Crippen molar-refractivity contribution < 1.29 is 9.50 Å². The number of aliphatic hydroxyl groups is 1. The molecule has 1 atom stereocenters. The fourth-order valence-electron chi connectivity index (χ4n) is 3.03. The minimum atomic E-state index is -0.452. The third kappa shape index (κ3) is 2.12. The van der Waals surface area contributed by atoms with Gasteiger partial charge >= 0.3 is 0 Å². The van der Waals surface area contributed by atoms with E-state index in [1.165, 1.54) is 12.1 Å². The van der Waals surface area contributed by atoms with E-state index in [-0.39, 0.29) is 5.82 Å². The van der Waals surface area contributed by atoms with E-state index in [1.807, 2.05) is 28.8 Å². The first-order valence-corrected chi connectivity index (χ1v) is 7.32. The quantitative estimate of drug-likeness (QED) is 0.781. The molecule has 1 aliphatic heterocycles. The Morgan fingerprint density at radius 2 is 1.82 bits per heavy atom. The zero-order valence-electron chi connectivity index (χ0n) is 11.9. The number of aromatic nitrogens is 2. The standard InChI is InChI=1S/C18H15FN2O/c19-15-6-4-12(5-7-15)13-2-1-3-14(10-13)17-18-16(22)8-9-21(18)11-20-17/h1-7,10-11,16,22H,8-9H2. The minimum Gasteiger partial charge on any atom is -0.387 e. The molecule has 0 saturated carbocycles. The number of nitrogens with zero attached hydrogens (tertiary/aromatic N) is 2. The van der Waals surface area contributed by atoms with E-state index in [9.17, 15) is 9.50 Å². The van der Waals surface area contributed by atoms with Crippen LogP contribution in [0.5, 0.6) is 0 Å². The molecule has 3 nitrogen and oxygen atoms in total. The lowest BCUT2D eigenvalue weighted by atomic mass is 10.0. The number of hydrogen-bond acceptors (Lipinski definition) is 2. The lowest BCUT2D eigenvalue weighted by molar-refractivity contribution is 0.180. The number of aryl methyl sites for hydroxylation is 1. The Bertz CT molecular complexity index is 823. The molecule has 4 heteroatoms. The van der Waals surface area contributed by atoms with Gasteiger partial charge in [-0.25, -0.2) is 9.37 Å². The van der Waals surface area contributed by atoms with E-state index in [0.29, 0.717) is 0 Å². The van der Waals surface area contributed by atoms with Gasteiger partial charge in [0.15, 0.2) is 0 Å². The Hall–Kier alpha value is -2.46. The highest BCUT2D eigenvalue weighted by molar-refractivity contribution is 5.72. The van der Waals surface area contributed by atoms with Gasteiger partial charge in [0.05, 0.1) is 23.8 Å². The van der Waals surface area contributed by atoms with Gasteiger partial charge in [-0.1, -0.05) is 30.3 Å². The molecule has 2 aromatic carbocycles.